The number of hydrogen-bond acceptors (Lipinski definition) is 3. The highest BCUT2D eigenvalue weighted by molar-refractivity contribution is 14.0. The second-order valence-corrected chi connectivity index (χ2v) is 6.55. The van der Waals surface area contributed by atoms with Crippen molar-refractivity contribution >= 4 is 41.3 Å². The van der Waals surface area contributed by atoms with E-state index in [4.69, 9.17) is 0 Å². The minimum atomic E-state index is -0.554. The van der Waals surface area contributed by atoms with Crippen LogP contribution >= 0.6 is 35.3 Å². The number of aliphatic imine (C=N–C) groups is 1. The fourth-order valence-corrected chi connectivity index (χ4v) is 3.02. The molecule has 0 bridgehead atoms. The molecule has 0 saturated heterocycles. The van der Waals surface area contributed by atoms with Gasteiger partial charge in [-0.2, -0.15) is 0 Å². The van der Waals surface area contributed by atoms with E-state index in [-0.39, 0.29) is 24.0 Å². The van der Waals surface area contributed by atoms with Crippen molar-refractivity contribution in [3.05, 3.63) is 22.4 Å². The van der Waals surface area contributed by atoms with Crippen molar-refractivity contribution in [2.75, 3.05) is 19.6 Å². The van der Waals surface area contributed by atoms with Gasteiger partial charge in [0.1, 0.15) is 0 Å². The predicted molar refractivity (Wildman–Crippen MR) is 101 cm³/mol. The number of rotatable bonds is 6. The van der Waals surface area contributed by atoms with Gasteiger partial charge in [0, 0.05) is 23.9 Å². The third kappa shape index (κ3) is 5.75. The largest absolute Gasteiger partial charge is 0.388 e. The van der Waals surface area contributed by atoms with Crippen LogP contribution < -0.4 is 10.6 Å². The number of thiophene rings is 1. The first-order chi connectivity index (χ1) is 9.63. The van der Waals surface area contributed by atoms with E-state index in [1.807, 2.05) is 0 Å². The predicted octanol–water partition coefficient (Wildman–Crippen LogP) is 2.94. The van der Waals surface area contributed by atoms with Crippen LogP contribution in [0.25, 0.3) is 0 Å². The Bertz CT molecular complexity index is 432. The Balaban J connectivity index is 0.00000220. The molecule has 120 valence electrons. The summed E-state index contributed by atoms with van der Waals surface area (Å²) >= 11 is 1.79. The van der Waals surface area contributed by atoms with Gasteiger partial charge >= 0.3 is 0 Å². The summed E-state index contributed by atoms with van der Waals surface area (Å²) in [6, 6.07) is 4.25. The fourth-order valence-electron chi connectivity index (χ4n) is 2.23. The summed E-state index contributed by atoms with van der Waals surface area (Å²) in [7, 11) is 0. The molecular weight excluding hydrogens is 397 g/mol. The van der Waals surface area contributed by atoms with Gasteiger partial charge in [-0.3, -0.25) is 4.99 Å². The van der Waals surface area contributed by atoms with Crippen molar-refractivity contribution in [1.82, 2.24) is 10.6 Å². The second kappa shape index (κ2) is 8.95. The molecule has 3 N–H and O–H groups in total. The summed E-state index contributed by atoms with van der Waals surface area (Å²) in [5.74, 6) is 1.27. The van der Waals surface area contributed by atoms with Gasteiger partial charge in [-0.15, -0.1) is 35.3 Å². The number of hydrogen-bond donors (Lipinski definition) is 3. The summed E-state index contributed by atoms with van der Waals surface area (Å²) in [4.78, 5) is 5.89. The Labute approximate surface area is 148 Å². The van der Waals surface area contributed by atoms with Crippen LogP contribution in [0.1, 0.15) is 43.9 Å². The molecule has 1 heterocycles. The molecule has 4 nitrogen and oxygen atoms in total. The van der Waals surface area contributed by atoms with Crippen molar-refractivity contribution in [1.29, 1.82) is 0 Å². The van der Waals surface area contributed by atoms with E-state index in [1.165, 1.54) is 4.88 Å². The number of aliphatic hydroxyl groups is 1. The van der Waals surface area contributed by atoms with Crippen LogP contribution in [0.4, 0.5) is 0 Å². The topological polar surface area (TPSA) is 56.7 Å². The van der Waals surface area contributed by atoms with E-state index in [0.29, 0.717) is 12.5 Å². The van der Waals surface area contributed by atoms with Crippen LogP contribution in [-0.4, -0.2) is 36.3 Å². The van der Waals surface area contributed by atoms with E-state index in [1.54, 1.807) is 11.3 Å². The molecule has 0 amide bonds. The lowest BCUT2D eigenvalue weighted by molar-refractivity contribution is -0.0236. The zero-order valence-electron chi connectivity index (χ0n) is 12.8. The number of guanidine groups is 1. The van der Waals surface area contributed by atoms with Crippen LogP contribution in [0.2, 0.25) is 0 Å². The van der Waals surface area contributed by atoms with Gasteiger partial charge in [0.2, 0.25) is 0 Å². The van der Waals surface area contributed by atoms with Gasteiger partial charge in [-0.1, -0.05) is 13.0 Å². The molecule has 0 spiro atoms. The monoisotopic (exact) mass is 423 g/mol. The molecule has 1 aliphatic carbocycles. The first-order valence-corrected chi connectivity index (χ1v) is 8.29. The Hall–Kier alpha value is -0.340. The highest BCUT2D eigenvalue weighted by Crippen LogP contribution is 2.31. The molecule has 6 heteroatoms. The van der Waals surface area contributed by atoms with Crippen molar-refractivity contribution in [3.63, 3.8) is 0 Å². The Kier molecular flexibility index (Phi) is 7.97. The second-order valence-electron chi connectivity index (χ2n) is 5.57. The summed E-state index contributed by atoms with van der Waals surface area (Å²) in [5.41, 5.74) is -0.554. The van der Waals surface area contributed by atoms with Crippen molar-refractivity contribution < 1.29 is 5.11 Å². The van der Waals surface area contributed by atoms with Crippen molar-refractivity contribution in [2.24, 2.45) is 4.99 Å². The molecular formula is C15H26IN3OS. The van der Waals surface area contributed by atoms with Crippen LogP contribution in [-0.2, 0) is 0 Å². The van der Waals surface area contributed by atoms with E-state index < -0.39 is 5.60 Å². The third-order valence-corrected chi connectivity index (χ3v) is 4.87. The maximum atomic E-state index is 10.1. The summed E-state index contributed by atoms with van der Waals surface area (Å²) in [6.07, 6.45) is 2.87. The quantitative estimate of drug-likeness (QED) is 0.375. The number of nitrogens with zero attached hydrogens (tertiary/aromatic N) is 1. The lowest BCUT2D eigenvalue weighted by Crippen LogP contribution is -2.43. The van der Waals surface area contributed by atoms with Crippen LogP contribution in [0.5, 0.6) is 0 Å². The van der Waals surface area contributed by atoms with E-state index in [2.05, 4.69) is 47.0 Å². The zero-order chi connectivity index (χ0) is 14.4. The molecule has 1 unspecified atom stereocenters. The lowest BCUT2D eigenvalue weighted by Gasteiger charge is -2.35. The average Bonchev–Trinajstić information content (AvgIpc) is 2.93. The molecule has 0 radical (unpaired) electrons. The molecule has 0 aromatic carbocycles. The zero-order valence-corrected chi connectivity index (χ0v) is 15.9. The van der Waals surface area contributed by atoms with E-state index in [9.17, 15) is 5.11 Å². The standard InChI is InChI=1S/C15H25N3OS.HI/c1-3-16-14(18-11-15(19)7-5-8-15)17-10-12(2)13-6-4-9-20-13;/h4,6,9,12,19H,3,5,7-8,10-11H2,1-2H3,(H2,16,17,18);1H. The van der Waals surface area contributed by atoms with Gasteiger partial charge in [-0.05, 0) is 37.6 Å². The summed E-state index contributed by atoms with van der Waals surface area (Å²) in [5, 5.41) is 18.8. The molecule has 1 aliphatic rings. The van der Waals surface area contributed by atoms with Gasteiger partial charge in [-0.25, -0.2) is 0 Å². The molecule has 2 rings (SSSR count). The first-order valence-electron chi connectivity index (χ1n) is 7.41. The Morgan fingerprint density at radius 2 is 2.24 bits per heavy atom. The fraction of sp³-hybridized carbons (Fsp3) is 0.667. The first kappa shape index (κ1) is 18.7. The Morgan fingerprint density at radius 3 is 2.76 bits per heavy atom. The molecule has 0 aliphatic heterocycles. The van der Waals surface area contributed by atoms with Crippen LogP contribution in [0.3, 0.4) is 0 Å². The maximum Gasteiger partial charge on any atom is 0.191 e. The minimum absolute atomic E-state index is 0. The Morgan fingerprint density at radius 1 is 1.48 bits per heavy atom. The smallest absolute Gasteiger partial charge is 0.191 e. The molecule has 1 aromatic heterocycles. The minimum Gasteiger partial charge on any atom is -0.388 e. The van der Waals surface area contributed by atoms with Crippen LogP contribution in [0.15, 0.2) is 22.5 Å². The SMILES string of the molecule is CCNC(=NCC1(O)CCC1)NCC(C)c1cccs1.I. The van der Waals surface area contributed by atoms with Crippen molar-refractivity contribution in [3.8, 4) is 0 Å². The molecule has 1 atom stereocenters. The normalized spacial score (nSPS) is 18.3. The van der Waals surface area contributed by atoms with Crippen LogP contribution in [0, 0.1) is 0 Å². The number of halogens is 1. The highest BCUT2D eigenvalue weighted by Gasteiger charge is 2.34. The maximum absolute atomic E-state index is 10.1. The molecule has 1 saturated carbocycles. The molecule has 1 aromatic rings. The summed E-state index contributed by atoms with van der Waals surface area (Å²) < 4.78 is 0. The third-order valence-electron chi connectivity index (χ3n) is 3.76. The highest BCUT2D eigenvalue weighted by atomic mass is 127. The van der Waals surface area contributed by atoms with Crippen molar-refractivity contribution in [2.45, 2.75) is 44.6 Å². The lowest BCUT2D eigenvalue weighted by atomic mass is 9.80. The van der Waals surface area contributed by atoms with E-state index >= 15 is 0 Å². The van der Waals surface area contributed by atoms with E-state index in [0.717, 1.165) is 38.3 Å². The van der Waals surface area contributed by atoms with Gasteiger partial charge in [0.05, 0.1) is 12.1 Å². The van der Waals surface area contributed by atoms with Gasteiger partial charge in [0.25, 0.3) is 0 Å². The molecule has 1 fully saturated rings. The average molecular weight is 423 g/mol. The number of nitrogens with one attached hydrogen (secondary N) is 2. The van der Waals surface area contributed by atoms with Gasteiger partial charge < -0.3 is 15.7 Å². The summed E-state index contributed by atoms with van der Waals surface area (Å²) in [6.45, 7) is 6.44. The van der Waals surface area contributed by atoms with Gasteiger partial charge in [0.15, 0.2) is 5.96 Å². The molecule has 21 heavy (non-hydrogen) atoms.